The van der Waals surface area contributed by atoms with Crippen LogP contribution in [0.5, 0.6) is 0 Å². The maximum Gasteiger partial charge on any atom is 0.329 e. The normalized spacial score (nSPS) is 19.4. The molecule has 20 heteroatoms. The molecular weight excluding hydrogens is 955 g/mol. The number of hydrogen-bond donors (Lipinski definition) is 2. The van der Waals surface area contributed by atoms with Crippen molar-refractivity contribution in [1.29, 1.82) is 0 Å². The number of ether oxygens (including phenoxy) is 3. The van der Waals surface area contributed by atoms with Crippen LogP contribution in [0.25, 0.3) is 0 Å². The summed E-state index contributed by atoms with van der Waals surface area (Å²) >= 11 is 0. The van der Waals surface area contributed by atoms with Gasteiger partial charge in [-0.05, 0) is 64.4 Å². The Hall–Kier alpha value is -6.28. The molecule has 4 rings (SSSR count). The first-order valence-corrected chi connectivity index (χ1v) is 25.6. The second-order valence-corrected chi connectivity index (χ2v) is 21.0. The molecule has 3 aliphatic heterocycles. The third-order valence-corrected chi connectivity index (χ3v) is 14.3. The van der Waals surface area contributed by atoms with Crippen molar-refractivity contribution in [1.82, 2.24) is 35.1 Å². The van der Waals surface area contributed by atoms with Gasteiger partial charge in [-0.3, -0.25) is 53.0 Å². The van der Waals surface area contributed by atoms with Crippen LogP contribution < -0.4 is 10.6 Å². The molecule has 0 aliphatic carbocycles. The van der Waals surface area contributed by atoms with Crippen LogP contribution in [-0.2, 0) is 68.6 Å². The van der Waals surface area contributed by atoms with Crippen molar-refractivity contribution in [2.45, 2.75) is 161 Å². The lowest BCUT2D eigenvalue weighted by Crippen LogP contribution is -2.59. The molecule has 10 atom stereocenters. The predicted octanol–water partition coefficient (Wildman–Crippen LogP) is 2.96. The summed E-state index contributed by atoms with van der Waals surface area (Å²) in [6, 6.07) is 4.03. The number of nitrogens with zero attached hydrogens (tertiary/aromatic N) is 5. The van der Waals surface area contributed by atoms with Gasteiger partial charge in [0.25, 0.3) is 23.6 Å². The fraction of sp³-hybridized carbons (Fsp3) is 0.630. The third kappa shape index (κ3) is 15.4. The number of nitrogens with one attached hydrogen (secondary N) is 2. The number of rotatable bonds is 26. The van der Waals surface area contributed by atoms with E-state index in [1.54, 1.807) is 53.5 Å². The Labute approximate surface area is 435 Å². The fourth-order valence-electron chi connectivity index (χ4n) is 9.79. The van der Waals surface area contributed by atoms with E-state index in [2.05, 4.69) is 10.6 Å². The van der Waals surface area contributed by atoms with Gasteiger partial charge in [-0.15, -0.1) is 0 Å². The van der Waals surface area contributed by atoms with Crippen molar-refractivity contribution in [2.24, 2.45) is 17.8 Å². The van der Waals surface area contributed by atoms with E-state index in [1.165, 1.54) is 38.0 Å². The van der Waals surface area contributed by atoms with E-state index in [1.807, 2.05) is 44.2 Å². The zero-order chi connectivity index (χ0) is 55.4. The predicted molar refractivity (Wildman–Crippen MR) is 273 cm³/mol. The van der Waals surface area contributed by atoms with E-state index in [0.29, 0.717) is 25.8 Å². The Bertz CT molecular complexity index is 2240. The Balaban J connectivity index is 1.45. The Kier molecular flexibility index (Phi) is 21.8. The van der Waals surface area contributed by atoms with Crippen LogP contribution >= 0.6 is 0 Å². The Morgan fingerprint density at radius 3 is 1.93 bits per heavy atom. The number of methoxy groups -OCH3 is 2. The van der Waals surface area contributed by atoms with Gasteiger partial charge in [0.2, 0.25) is 29.5 Å². The van der Waals surface area contributed by atoms with Gasteiger partial charge in [-0.2, -0.15) is 0 Å². The van der Waals surface area contributed by atoms with Gasteiger partial charge in [-0.1, -0.05) is 71.4 Å². The van der Waals surface area contributed by atoms with Crippen LogP contribution in [-0.4, -0.2) is 179 Å². The van der Waals surface area contributed by atoms with Crippen LogP contribution in [0.1, 0.15) is 106 Å². The molecular formula is C54H79N7O13. The van der Waals surface area contributed by atoms with Gasteiger partial charge in [0, 0.05) is 72.0 Å². The number of benzene rings is 1. The van der Waals surface area contributed by atoms with Crippen molar-refractivity contribution in [2.75, 3.05) is 41.4 Å². The number of imide groups is 2. The number of esters is 1. The second-order valence-electron chi connectivity index (χ2n) is 21.0. The van der Waals surface area contributed by atoms with E-state index in [9.17, 15) is 47.9 Å². The molecule has 1 aromatic rings. The molecule has 1 saturated heterocycles. The summed E-state index contributed by atoms with van der Waals surface area (Å²) in [6.07, 6.45) is 4.31. The first-order chi connectivity index (χ1) is 34.8. The lowest BCUT2D eigenvalue weighted by Gasteiger charge is -2.41. The summed E-state index contributed by atoms with van der Waals surface area (Å²) in [6.45, 7) is 16.0. The van der Waals surface area contributed by atoms with E-state index in [0.717, 1.165) is 39.7 Å². The zero-order valence-electron chi connectivity index (χ0n) is 45.5. The van der Waals surface area contributed by atoms with E-state index < -0.39 is 119 Å². The van der Waals surface area contributed by atoms with Gasteiger partial charge in [-0.25, -0.2) is 4.79 Å². The van der Waals surface area contributed by atoms with Crippen molar-refractivity contribution in [3.63, 3.8) is 0 Å². The molecule has 3 aliphatic rings. The molecule has 408 valence electrons. The molecule has 2 N–H and O–H groups in total. The molecule has 1 aromatic carbocycles. The minimum Gasteiger partial charge on any atom is -0.458 e. The molecule has 9 amide bonds. The highest BCUT2D eigenvalue weighted by Crippen LogP contribution is 2.30. The van der Waals surface area contributed by atoms with E-state index in [4.69, 9.17) is 14.2 Å². The van der Waals surface area contributed by atoms with Gasteiger partial charge in [0.15, 0.2) is 0 Å². The Morgan fingerprint density at radius 1 is 0.797 bits per heavy atom. The molecule has 0 bridgehead atoms. The quantitative estimate of drug-likeness (QED) is 0.100. The van der Waals surface area contributed by atoms with Crippen LogP contribution in [0, 0.1) is 17.8 Å². The van der Waals surface area contributed by atoms with Gasteiger partial charge in [0.1, 0.15) is 23.7 Å². The number of carbonyl (C=O) groups is 10. The Morgan fingerprint density at radius 2 is 1.39 bits per heavy atom. The first kappa shape index (κ1) is 60.3. The number of likely N-dealkylation sites (tertiary alicyclic amines) is 1. The average molecular weight is 1030 g/mol. The standard InChI is InChI=1S/C54H79N7O13/c1-14-33(4)48(40(72-12)30-46(67)59-28-18-21-39(59)49(73-13)34(5)50(68)55-38(53(71)74-54(7,8)9)29-36-19-16-15-17-20-36)58(11)52(70)47(32(2)3)56-51(69)35(6)57(10)41(62)23-22-37(61-44(65)26-27-45(61)66)31-60-42(63)24-25-43(60)64/h15-17,19-20,24-27,32-35,37-40,47-49H,14,18,21-23,28-31H2,1-13H3,(H,55,68)(H,56,69)/t33-,34+,35-,37?,38?,39-,40+,47-,48?,49+/m0/s1. The van der Waals surface area contributed by atoms with Gasteiger partial charge >= 0.3 is 5.97 Å². The maximum absolute atomic E-state index is 14.6. The number of amides is 9. The molecule has 74 heavy (non-hydrogen) atoms. The first-order valence-electron chi connectivity index (χ1n) is 25.6. The highest BCUT2D eigenvalue weighted by molar-refractivity contribution is 6.14. The smallest absolute Gasteiger partial charge is 0.329 e. The largest absolute Gasteiger partial charge is 0.458 e. The highest BCUT2D eigenvalue weighted by atomic mass is 16.6. The van der Waals surface area contributed by atoms with Crippen molar-refractivity contribution in [3.8, 4) is 0 Å². The summed E-state index contributed by atoms with van der Waals surface area (Å²) in [7, 11) is 5.99. The summed E-state index contributed by atoms with van der Waals surface area (Å²) < 4.78 is 17.7. The van der Waals surface area contributed by atoms with Crippen LogP contribution in [0.15, 0.2) is 54.6 Å². The number of likely N-dealkylation sites (N-methyl/N-ethyl adjacent to an activating group) is 2. The van der Waals surface area contributed by atoms with Crippen LogP contribution in [0.2, 0.25) is 0 Å². The summed E-state index contributed by atoms with van der Waals surface area (Å²) in [5.74, 6) is -6.79. The second kappa shape index (κ2) is 26.8. The lowest BCUT2D eigenvalue weighted by molar-refractivity contribution is -0.159. The monoisotopic (exact) mass is 1030 g/mol. The molecule has 0 saturated carbocycles. The minimum absolute atomic E-state index is 0.110. The number of carbonyl (C=O) groups excluding carboxylic acids is 10. The molecule has 3 unspecified atom stereocenters. The summed E-state index contributed by atoms with van der Waals surface area (Å²) in [5.41, 5.74) is 0.0473. The van der Waals surface area contributed by atoms with Crippen molar-refractivity contribution in [3.05, 3.63) is 60.2 Å². The summed E-state index contributed by atoms with van der Waals surface area (Å²) in [5, 5.41) is 5.75. The SMILES string of the molecule is CC[C@H](C)C([C@@H](CC(=O)N1CCC[C@H]1[C@H](OC)[C@@H](C)C(=O)NC(Cc1ccccc1)C(=O)OC(C)(C)C)OC)N(C)C(=O)[C@@H](NC(=O)[C@H](C)N(C)C(=O)CCC(CN1C(=O)C=CC1=O)N1C(=O)C=CC1=O)C(C)C. The topological polar surface area (TPSA) is 239 Å². The van der Waals surface area contributed by atoms with Gasteiger partial charge in [0.05, 0.1) is 49.2 Å². The molecule has 20 nitrogen and oxygen atoms in total. The van der Waals surface area contributed by atoms with Crippen molar-refractivity contribution < 1.29 is 62.2 Å². The zero-order valence-corrected chi connectivity index (χ0v) is 45.5. The van der Waals surface area contributed by atoms with Crippen LogP contribution in [0.4, 0.5) is 0 Å². The fourth-order valence-corrected chi connectivity index (χ4v) is 9.79. The number of hydrogen-bond acceptors (Lipinski definition) is 13. The maximum atomic E-state index is 14.6. The molecule has 0 radical (unpaired) electrons. The lowest BCUT2D eigenvalue weighted by atomic mass is 9.89. The van der Waals surface area contributed by atoms with E-state index in [-0.39, 0.29) is 44.1 Å². The third-order valence-electron chi connectivity index (χ3n) is 14.3. The molecule has 3 heterocycles. The van der Waals surface area contributed by atoms with Gasteiger partial charge < -0.3 is 39.5 Å². The highest BCUT2D eigenvalue weighted by Gasteiger charge is 2.44. The van der Waals surface area contributed by atoms with Crippen molar-refractivity contribution >= 4 is 59.1 Å². The molecule has 0 aromatic heterocycles. The minimum atomic E-state index is -1.09. The van der Waals surface area contributed by atoms with E-state index >= 15 is 0 Å². The molecule has 0 spiro atoms. The average Bonchev–Trinajstić information content (AvgIpc) is 4.07. The van der Waals surface area contributed by atoms with Crippen LogP contribution in [0.3, 0.4) is 0 Å². The summed E-state index contributed by atoms with van der Waals surface area (Å²) in [4.78, 5) is 140. The molecule has 1 fully saturated rings.